The molecule has 25 heavy (non-hydrogen) atoms. The molecule has 0 bridgehead atoms. The van der Waals surface area contributed by atoms with E-state index in [1.54, 1.807) is 24.3 Å². The van der Waals surface area contributed by atoms with E-state index in [-0.39, 0.29) is 11.9 Å². The van der Waals surface area contributed by atoms with Crippen LogP contribution in [0.15, 0.2) is 48.5 Å². The van der Waals surface area contributed by atoms with E-state index in [0.717, 1.165) is 17.7 Å². The molecule has 0 saturated heterocycles. The van der Waals surface area contributed by atoms with Crippen LogP contribution >= 0.6 is 0 Å². The van der Waals surface area contributed by atoms with Crippen LogP contribution in [0.3, 0.4) is 0 Å². The molecule has 0 unspecified atom stereocenters. The fourth-order valence-electron chi connectivity index (χ4n) is 2.32. The average molecular weight is 341 g/mol. The summed E-state index contributed by atoms with van der Waals surface area (Å²) in [5.74, 6) is 0.682. The number of carbonyl (C=O) groups excluding carboxylic acids is 2. The number of hydrogen-bond acceptors (Lipinski definition) is 3. The van der Waals surface area contributed by atoms with Crippen molar-refractivity contribution in [1.29, 1.82) is 0 Å². The van der Waals surface area contributed by atoms with Crippen molar-refractivity contribution < 1.29 is 14.3 Å². The van der Waals surface area contributed by atoms with Crippen molar-refractivity contribution in [3.63, 3.8) is 0 Å². The van der Waals surface area contributed by atoms with Gasteiger partial charge in [0.15, 0.2) is 0 Å². The van der Waals surface area contributed by atoms with Crippen LogP contribution in [-0.2, 0) is 11.2 Å². The molecular weight excluding hydrogens is 318 g/mol. The quantitative estimate of drug-likeness (QED) is 0.675. The molecule has 0 fully saturated rings. The summed E-state index contributed by atoms with van der Waals surface area (Å²) >= 11 is 0. The van der Waals surface area contributed by atoms with E-state index in [2.05, 4.69) is 22.9 Å². The number of anilines is 2. The van der Waals surface area contributed by atoms with E-state index >= 15 is 0 Å². The zero-order chi connectivity index (χ0) is 18.1. The Morgan fingerprint density at radius 1 is 1.00 bits per heavy atom. The summed E-state index contributed by atoms with van der Waals surface area (Å²) in [6.07, 6.45) is 0.898. The zero-order valence-electron chi connectivity index (χ0n) is 14.5. The van der Waals surface area contributed by atoms with Crippen LogP contribution in [0.25, 0.3) is 0 Å². The minimum atomic E-state index is -0.327. The molecule has 0 spiro atoms. The number of benzene rings is 2. The summed E-state index contributed by atoms with van der Waals surface area (Å²) in [6, 6.07) is 14.5. The Hall–Kier alpha value is -3.02. The molecule has 2 aromatic carbocycles. The number of nitrogens with one attached hydrogen (secondary N) is 3. The second kappa shape index (κ2) is 9.32. The molecule has 2 aromatic rings. The minimum absolute atomic E-state index is 0.161. The van der Waals surface area contributed by atoms with Gasteiger partial charge in [0.1, 0.15) is 12.4 Å². The van der Waals surface area contributed by atoms with E-state index in [1.165, 1.54) is 6.92 Å². The van der Waals surface area contributed by atoms with Crippen LogP contribution in [0.5, 0.6) is 5.75 Å². The Kier molecular flexibility index (Phi) is 6.83. The fraction of sp³-hybridized carbons (Fsp3) is 0.263. The van der Waals surface area contributed by atoms with E-state index in [4.69, 9.17) is 4.74 Å². The van der Waals surface area contributed by atoms with Gasteiger partial charge in [0.05, 0.1) is 6.54 Å². The van der Waals surface area contributed by atoms with Gasteiger partial charge in [0, 0.05) is 18.3 Å². The lowest BCUT2D eigenvalue weighted by Gasteiger charge is -2.12. The van der Waals surface area contributed by atoms with Crippen molar-refractivity contribution in [2.24, 2.45) is 0 Å². The minimum Gasteiger partial charge on any atom is -0.491 e. The van der Waals surface area contributed by atoms with Gasteiger partial charge in [-0.1, -0.05) is 31.2 Å². The molecule has 2 rings (SSSR count). The molecule has 6 nitrogen and oxygen atoms in total. The fourth-order valence-corrected chi connectivity index (χ4v) is 2.32. The zero-order valence-corrected chi connectivity index (χ0v) is 14.5. The summed E-state index contributed by atoms with van der Waals surface area (Å²) in [4.78, 5) is 23.0. The average Bonchev–Trinajstić information content (AvgIpc) is 2.59. The van der Waals surface area contributed by atoms with E-state index in [0.29, 0.717) is 24.5 Å². The van der Waals surface area contributed by atoms with Crippen LogP contribution in [0.4, 0.5) is 16.2 Å². The van der Waals surface area contributed by atoms with Crippen molar-refractivity contribution in [2.45, 2.75) is 20.3 Å². The maximum Gasteiger partial charge on any atom is 0.319 e. The molecule has 0 atom stereocenters. The number of aryl methyl sites for hydroxylation is 1. The number of hydrogen-bond donors (Lipinski definition) is 3. The van der Waals surface area contributed by atoms with Crippen LogP contribution in [0.1, 0.15) is 19.4 Å². The Bertz CT molecular complexity index is 731. The summed E-state index contributed by atoms with van der Waals surface area (Å²) in [5, 5.41) is 8.13. The lowest BCUT2D eigenvalue weighted by molar-refractivity contribution is -0.114. The lowest BCUT2D eigenvalue weighted by Crippen LogP contribution is -2.32. The predicted octanol–water partition coefficient (Wildman–Crippen LogP) is 3.41. The van der Waals surface area contributed by atoms with E-state index in [1.807, 2.05) is 24.3 Å². The molecule has 0 aliphatic heterocycles. The number of rotatable bonds is 7. The summed E-state index contributed by atoms with van der Waals surface area (Å²) in [7, 11) is 0. The van der Waals surface area contributed by atoms with Crippen LogP contribution in [-0.4, -0.2) is 25.1 Å². The van der Waals surface area contributed by atoms with Gasteiger partial charge in [-0.2, -0.15) is 0 Å². The third-order valence-corrected chi connectivity index (χ3v) is 3.44. The van der Waals surface area contributed by atoms with Crippen LogP contribution < -0.4 is 20.7 Å². The first-order chi connectivity index (χ1) is 12.1. The van der Waals surface area contributed by atoms with Gasteiger partial charge >= 0.3 is 6.03 Å². The molecular formula is C19H23N3O3. The Balaban J connectivity index is 1.76. The molecule has 0 heterocycles. The summed E-state index contributed by atoms with van der Waals surface area (Å²) in [6.45, 7) is 4.28. The highest BCUT2D eigenvalue weighted by Crippen LogP contribution is 2.18. The SMILES string of the molecule is CCc1ccccc1OCCNC(=O)Nc1cccc(NC(C)=O)c1. The topological polar surface area (TPSA) is 79.5 Å². The Labute approximate surface area is 147 Å². The highest BCUT2D eigenvalue weighted by atomic mass is 16.5. The maximum atomic E-state index is 11.9. The number of ether oxygens (including phenoxy) is 1. The van der Waals surface area contributed by atoms with Gasteiger partial charge in [-0.15, -0.1) is 0 Å². The van der Waals surface area contributed by atoms with Gasteiger partial charge in [0.25, 0.3) is 0 Å². The Morgan fingerprint density at radius 2 is 1.72 bits per heavy atom. The first-order valence-corrected chi connectivity index (χ1v) is 8.21. The van der Waals surface area contributed by atoms with Crippen molar-refractivity contribution in [1.82, 2.24) is 5.32 Å². The van der Waals surface area contributed by atoms with Gasteiger partial charge in [-0.05, 0) is 36.2 Å². The smallest absolute Gasteiger partial charge is 0.319 e. The molecule has 0 saturated carbocycles. The molecule has 3 N–H and O–H groups in total. The monoisotopic (exact) mass is 341 g/mol. The standard InChI is InChI=1S/C19H23N3O3/c1-3-15-7-4-5-10-18(15)25-12-11-20-19(24)22-17-9-6-8-16(13-17)21-14(2)23/h4-10,13H,3,11-12H2,1-2H3,(H,21,23)(H2,20,22,24). The van der Waals surface area contributed by atoms with Crippen molar-refractivity contribution in [2.75, 3.05) is 23.8 Å². The van der Waals surface area contributed by atoms with Crippen molar-refractivity contribution in [3.8, 4) is 5.75 Å². The second-order valence-electron chi connectivity index (χ2n) is 5.45. The normalized spacial score (nSPS) is 10.0. The van der Waals surface area contributed by atoms with Gasteiger partial charge in [-0.3, -0.25) is 4.79 Å². The van der Waals surface area contributed by atoms with Crippen LogP contribution in [0.2, 0.25) is 0 Å². The van der Waals surface area contributed by atoms with Gasteiger partial charge in [-0.25, -0.2) is 4.79 Å². The van der Waals surface area contributed by atoms with E-state index in [9.17, 15) is 9.59 Å². The third-order valence-electron chi connectivity index (χ3n) is 3.44. The molecule has 132 valence electrons. The first kappa shape index (κ1) is 18.3. The molecule has 6 heteroatoms. The highest BCUT2D eigenvalue weighted by Gasteiger charge is 2.04. The number of para-hydroxylation sites is 1. The number of carbonyl (C=O) groups is 2. The summed E-state index contributed by atoms with van der Waals surface area (Å²) < 4.78 is 5.70. The van der Waals surface area contributed by atoms with E-state index < -0.39 is 0 Å². The molecule has 0 radical (unpaired) electrons. The van der Waals surface area contributed by atoms with Crippen molar-refractivity contribution >= 4 is 23.3 Å². The number of urea groups is 1. The highest BCUT2D eigenvalue weighted by molar-refractivity contribution is 5.92. The first-order valence-electron chi connectivity index (χ1n) is 8.21. The van der Waals surface area contributed by atoms with Gasteiger partial charge < -0.3 is 20.7 Å². The molecule has 3 amide bonds. The second-order valence-corrected chi connectivity index (χ2v) is 5.45. The summed E-state index contributed by atoms with van der Waals surface area (Å²) in [5.41, 5.74) is 2.37. The van der Waals surface area contributed by atoms with Crippen LogP contribution in [0, 0.1) is 0 Å². The van der Waals surface area contributed by atoms with Crippen molar-refractivity contribution in [3.05, 3.63) is 54.1 Å². The lowest BCUT2D eigenvalue weighted by atomic mass is 10.1. The molecule has 0 aliphatic rings. The largest absolute Gasteiger partial charge is 0.491 e. The molecule has 0 aromatic heterocycles. The Morgan fingerprint density at radius 3 is 2.44 bits per heavy atom. The predicted molar refractivity (Wildman–Crippen MR) is 99.1 cm³/mol. The maximum absolute atomic E-state index is 11.9. The molecule has 0 aliphatic carbocycles. The number of amides is 3. The third kappa shape index (κ3) is 6.18. The van der Waals surface area contributed by atoms with Gasteiger partial charge in [0.2, 0.25) is 5.91 Å².